The Morgan fingerprint density at radius 3 is 2.71 bits per heavy atom. The molecule has 1 atom stereocenters. The molecule has 0 fully saturated rings. The van der Waals surface area contributed by atoms with Crippen molar-refractivity contribution in [2.45, 2.75) is 32.0 Å². The molecule has 144 valence electrons. The van der Waals surface area contributed by atoms with Gasteiger partial charge in [0.15, 0.2) is 11.5 Å². The maximum Gasteiger partial charge on any atom is 0.240 e. The van der Waals surface area contributed by atoms with Crippen molar-refractivity contribution in [3.63, 3.8) is 0 Å². The number of fused-ring (bicyclic) bond motifs is 1. The zero-order valence-electron chi connectivity index (χ0n) is 15.8. The second-order valence-electron chi connectivity index (χ2n) is 7.06. The molecule has 1 amide bonds. The van der Waals surface area contributed by atoms with Crippen LogP contribution in [0.25, 0.3) is 5.65 Å². The van der Waals surface area contributed by atoms with E-state index in [0.29, 0.717) is 23.6 Å². The lowest BCUT2D eigenvalue weighted by Crippen LogP contribution is -2.50. The summed E-state index contributed by atoms with van der Waals surface area (Å²) in [5.74, 6) is 0.131. The molecular weight excluding hydrogens is 356 g/mol. The molecule has 1 aromatic carbocycles. The quantitative estimate of drug-likeness (QED) is 0.646. The largest absolute Gasteiger partial charge is 0.374 e. The van der Waals surface area contributed by atoms with Crippen molar-refractivity contribution >= 4 is 11.6 Å². The number of carbonyl (C=O) groups is 1. The van der Waals surface area contributed by atoms with E-state index in [-0.39, 0.29) is 12.5 Å². The monoisotopic (exact) mass is 378 g/mol. The molecule has 1 unspecified atom stereocenters. The number of hydrogen-bond acceptors (Lipinski definition) is 6. The molecule has 0 bridgehead atoms. The lowest BCUT2D eigenvalue weighted by Gasteiger charge is -2.23. The van der Waals surface area contributed by atoms with Gasteiger partial charge >= 0.3 is 0 Å². The number of nitriles is 1. The zero-order valence-corrected chi connectivity index (χ0v) is 15.8. The van der Waals surface area contributed by atoms with E-state index in [9.17, 15) is 4.79 Å². The van der Waals surface area contributed by atoms with Crippen molar-refractivity contribution in [3.8, 4) is 6.07 Å². The molecule has 0 aliphatic carbocycles. The molecule has 3 rings (SSSR count). The number of pyridine rings is 1. The van der Waals surface area contributed by atoms with E-state index in [2.05, 4.69) is 21.6 Å². The number of carbonyl (C=O) groups excluding carboxylic acids is 1. The predicted octanol–water partition coefficient (Wildman–Crippen LogP) is 1.71. The van der Waals surface area contributed by atoms with Crippen LogP contribution >= 0.6 is 0 Å². The van der Waals surface area contributed by atoms with Gasteiger partial charge in [-0.2, -0.15) is 5.26 Å². The zero-order chi connectivity index (χ0) is 20.1. The highest BCUT2D eigenvalue weighted by molar-refractivity contribution is 5.85. The highest BCUT2D eigenvalue weighted by Gasteiger charge is 2.28. The SMILES string of the molecule is CC(C)(N)C(=O)NC(COCc1ccccc1)c1nnc2ccc(C#N)cn12. The van der Waals surface area contributed by atoms with Gasteiger partial charge in [0.05, 0.1) is 24.3 Å². The van der Waals surface area contributed by atoms with Crippen molar-refractivity contribution < 1.29 is 9.53 Å². The van der Waals surface area contributed by atoms with E-state index in [0.717, 1.165) is 5.56 Å². The minimum Gasteiger partial charge on any atom is -0.374 e. The second kappa shape index (κ2) is 8.17. The van der Waals surface area contributed by atoms with Crippen LogP contribution in [-0.4, -0.2) is 32.7 Å². The molecule has 8 heteroatoms. The smallest absolute Gasteiger partial charge is 0.240 e. The molecule has 2 heterocycles. The second-order valence-corrected chi connectivity index (χ2v) is 7.06. The minimum atomic E-state index is -1.06. The highest BCUT2D eigenvalue weighted by atomic mass is 16.5. The van der Waals surface area contributed by atoms with E-state index in [4.69, 9.17) is 15.7 Å². The molecule has 8 nitrogen and oxygen atoms in total. The van der Waals surface area contributed by atoms with Crippen molar-refractivity contribution in [2.24, 2.45) is 5.73 Å². The molecule has 3 aromatic rings. The molecule has 28 heavy (non-hydrogen) atoms. The third kappa shape index (κ3) is 4.52. The first kappa shape index (κ1) is 19.5. The molecule has 0 aliphatic heterocycles. The maximum absolute atomic E-state index is 12.5. The Morgan fingerprint density at radius 2 is 2.04 bits per heavy atom. The third-order valence-corrected chi connectivity index (χ3v) is 4.16. The molecule has 0 radical (unpaired) electrons. The van der Waals surface area contributed by atoms with E-state index in [1.807, 2.05) is 30.3 Å². The van der Waals surface area contributed by atoms with Crippen LogP contribution in [0.1, 0.15) is 36.8 Å². The summed E-state index contributed by atoms with van der Waals surface area (Å²) >= 11 is 0. The van der Waals surface area contributed by atoms with Crippen LogP contribution in [0, 0.1) is 11.3 Å². The van der Waals surface area contributed by atoms with Gasteiger partial charge in [-0.15, -0.1) is 10.2 Å². The van der Waals surface area contributed by atoms with Crippen molar-refractivity contribution in [1.29, 1.82) is 5.26 Å². The van der Waals surface area contributed by atoms with Gasteiger partial charge in [0.1, 0.15) is 12.1 Å². The molecule has 0 saturated carbocycles. The van der Waals surface area contributed by atoms with Gasteiger partial charge in [0.25, 0.3) is 0 Å². The number of amides is 1. The number of aromatic nitrogens is 3. The first-order valence-electron chi connectivity index (χ1n) is 8.85. The van der Waals surface area contributed by atoms with Crippen LogP contribution in [0.15, 0.2) is 48.7 Å². The Hall–Kier alpha value is -3.28. The van der Waals surface area contributed by atoms with E-state index < -0.39 is 11.6 Å². The number of ether oxygens (including phenoxy) is 1. The average molecular weight is 378 g/mol. The summed E-state index contributed by atoms with van der Waals surface area (Å²) in [5, 5.41) is 20.4. The Labute approximate surface area is 162 Å². The Morgan fingerprint density at radius 1 is 1.29 bits per heavy atom. The average Bonchev–Trinajstić information content (AvgIpc) is 3.10. The lowest BCUT2D eigenvalue weighted by molar-refractivity contribution is -0.126. The normalized spacial score (nSPS) is 12.5. The van der Waals surface area contributed by atoms with E-state index in [1.165, 1.54) is 0 Å². The molecule has 0 saturated heterocycles. The Balaban J connectivity index is 1.85. The van der Waals surface area contributed by atoms with Crippen molar-refractivity contribution in [1.82, 2.24) is 19.9 Å². The summed E-state index contributed by atoms with van der Waals surface area (Å²) < 4.78 is 7.50. The van der Waals surface area contributed by atoms with Gasteiger partial charge in [-0.25, -0.2) is 0 Å². The van der Waals surface area contributed by atoms with Crippen LogP contribution in [0.5, 0.6) is 0 Å². The molecular formula is C20H22N6O2. The fourth-order valence-electron chi connectivity index (χ4n) is 2.61. The number of benzene rings is 1. The summed E-state index contributed by atoms with van der Waals surface area (Å²) in [7, 11) is 0. The maximum atomic E-state index is 12.5. The van der Waals surface area contributed by atoms with Gasteiger partial charge in [0, 0.05) is 6.20 Å². The van der Waals surface area contributed by atoms with Crippen molar-refractivity contribution in [3.05, 3.63) is 65.6 Å². The standard InChI is InChI=1S/C20H22N6O2/c1-20(2,22)19(27)23-16(13-28-12-14-6-4-3-5-7-14)18-25-24-17-9-8-15(10-21)11-26(17)18/h3-9,11,16H,12-13,22H2,1-2H3,(H,23,27). The van der Waals surface area contributed by atoms with Gasteiger partial charge in [0.2, 0.25) is 5.91 Å². The number of nitrogens with two attached hydrogens (primary N) is 1. The predicted molar refractivity (Wildman–Crippen MR) is 103 cm³/mol. The van der Waals surface area contributed by atoms with Crippen LogP contribution < -0.4 is 11.1 Å². The van der Waals surface area contributed by atoms with Crippen LogP contribution in [0.4, 0.5) is 0 Å². The van der Waals surface area contributed by atoms with Gasteiger partial charge < -0.3 is 15.8 Å². The Bertz CT molecular complexity index is 1000. The number of nitrogens with zero attached hydrogens (tertiary/aromatic N) is 4. The summed E-state index contributed by atoms with van der Waals surface area (Å²) in [4.78, 5) is 12.5. The summed E-state index contributed by atoms with van der Waals surface area (Å²) in [6.45, 7) is 3.81. The first-order chi connectivity index (χ1) is 13.4. The highest BCUT2D eigenvalue weighted by Crippen LogP contribution is 2.16. The number of rotatable bonds is 7. The molecule has 0 aliphatic rings. The van der Waals surface area contributed by atoms with Gasteiger partial charge in [-0.05, 0) is 31.5 Å². The third-order valence-electron chi connectivity index (χ3n) is 4.16. The summed E-state index contributed by atoms with van der Waals surface area (Å²) in [6.07, 6.45) is 1.63. The number of nitrogens with one attached hydrogen (secondary N) is 1. The van der Waals surface area contributed by atoms with Gasteiger partial charge in [-0.3, -0.25) is 9.20 Å². The van der Waals surface area contributed by atoms with Crippen LogP contribution in [0.3, 0.4) is 0 Å². The fourth-order valence-corrected chi connectivity index (χ4v) is 2.61. The molecule has 3 N–H and O–H groups in total. The minimum absolute atomic E-state index is 0.175. The lowest BCUT2D eigenvalue weighted by atomic mass is 10.1. The first-order valence-corrected chi connectivity index (χ1v) is 8.85. The molecule has 2 aromatic heterocycles. The van der Waals surface area contributed by atoms with E-state index >= 15 is 0 Å². The topological polar surface area (TPSA) is 118 Å². The van der Waals surface area contributed by atoms with Crippen LogP contribution in [0.2, 0.25) is 0 Å². The summed E-state index contributed by atoms with van der Waals surface area (Å²) in [5.41, 5.74) is 6.91. The van der Waals surface area contributed by atoms with Crippen LogP contribution in [-0.2, 0) is 16.1 Å². The summed E-state index contributed by atoms with van der Waals surface area (Å²) in [6, 6.07) is 14.6. The van der Waals surface area contributed by atoms with Crippen molar-refractivity contribution in [2.75, 3.05) is 6.61 Å². The fraction of sp³-hybridized carbons (Fsp3) is 0.300. The van der Waals surface area contributed by atoms with Gasteiger partial charge in [-0.1, -0.05) is 30.3 Å². The van der Waals surface area contributed by atoms with E-state index in [1.54, 1.807) is 36.6 Å². The Kier molecular flexibility index (Phi) is 5.68. The number of hydrogen-bond donors (Lipinski definition) is 2. The molecule has 0 spiro atoms.